The van der Waals surface area contributed by atoms with Gasteiger partial charge in [-0.15, -0.1) is 0 Å². The molecule has 29 heavy (non-hydrogen) atoms. The summed E-state index contributed by atoms with van der Waals surface area (Å²) in [6.45, 7) is 5.20. The summed E-state index contributed by atoms with van der Waals surface area (Å²) in [5.74, 6) is -0.887. The molecular weight excluding hydrogens is 425 g/mol. The number of nitrogens with one attached hydrogen (secondary N) is 1. The number of nitrogens with zero attached hydrogens (tertiary/aromatic N) is 3. The van der Waals surface area contributed by atoms with Gasteiger partial charge in [-0.1, -0.05) is 12.1 Å². The van der Waals surface area contributed by atoms with E-state index in [-0.39, 0.29) is 32.9 Å². The summed E-state index contributed by atoms with van der Waals surface area (Å²) < 4.78 is 32.6. The molecule has 0 bridgehead atoms. The van der Waals surface area contributed by atoms with Crippen molar-refractivity contribution in [3.8, 4) is 0 Å². The number of ether oxygens (including phenoxy) is 1. The smallest absolute Gasteiger partial charge is 0.421 e. The number of aromatic nitrogens is 4. The van der Waals surface area contributed by atoms with E-state index in [1.807, 2.05) is 0 Å². The maximum Gasteiger partial charge on any atom is 0.421 e. The molecule has 4 rings (SSSR count). The number of rotatable bonds is 0. The van der Waals surface area contributed by atoms with Crippen molar-refractivity contribution in [3.05, 3.63) is 58.6 Å². The van der Waals surface area contributed by atoms with Crippen LogP contribution in [0.25, 0.3) is 22.1 Å². The van der Waals surface area contributed by atoms with Crippen molar-refractivity contribution in [2.75, 3.05) is 0 Å². The summed E-state index contributed by atoms with van der Waals surface area (Å²) in [5.41, 5.74) is 0.583. The van der Waals surface area contributed by atoms with Gasteiger partial charge >= 0.3 is 6.09 Å². The second kappa shape index (κ2) is 7.96. The zero-order valence-electron chi connectivity index (χ0n) is 15.6. The molecule has 0 fully saturated rings. The fourth-order valence-electron chi connectivity index (χ4n) is 2.49. The lowest BCUT2D eigenvalue weighted by Gasteiger charge is -2.19. The first-order valence-corrected chi connectivity index (χ1v) is 9.18. The third-order valence-electron chi connectivity index (χ3n) is 3.61. The molecule has 152 valence electrons. The maximum absolute atomic E-state index is 13.5. The second-order valence-electron chi connectivity index (χ2n) is 6.97. The van der Waals surface area contributed by atoms with Crippen LogP contribution < -0.4 is 0 Å². The highest BCUT2D eigenvalue weighted by Gasteiger charge is 2.23. The van der Waals surface area contributed by atoms with Gasteiger partial charge in [0.05, 0.1) is 11.0 Å². The summed E-state index contributed by atoms with van der Waals surface area (Å²) in [7, 11) is 0. The van der Waals surface area contributed by atoms with Gasteiger partial charge < -0.3 is 9.72 Å². The molecule has 2 heterocycles. The number of aromatic amines is 1. The van der Waals surface area contributed by atoms with E-state index in [9.17, 15) is 13.6 Å². The molecule has 0 radical (unpaired) electrons. The van der Waals surface area contributed by atoms with E-state index in [0.717, 1.165) is 4.57 Å². The zero-order chi connectivity index (χ0) is 21.3. The van der Waals surface area contributed by atoms with Crippen LogP contribution in [0.4, 0.5) is 13.6 Å². The number of H-pyrrole nitrogens is 1. The standard InChI is InChI=1S/C12H12ClFN2O2.C7H4ClFN2/c1-12(2,3)18-11(17)16-8-6-4-5-7(14)9(8)15-10(16)13;8-7-10-5-3-1-2-4(9)6(5)11-7/h4-6H,1-3H3;1-3H,(H,10,11). The Kier molecular flexibility index (Phi) is 5.77. The van der Waals surface area contributed by atoms with Crippen molar-refractivity contribution < 1.29 is 18.3 Å². The molecule has 4 aromatic rings. The van der Waals surface area contributed by atoms with Crippen molar-refractivity contribution in [3.63, 3.8) is 0 Å². The first-order chi connectivity index (χ1) is 13.6. The molecule has 0 saturated heterocycles. The number of para-hydroxylation sites is 2. The molecule has 0 aliphatic rings. The van der Waals surface area contributed by atoms with E-state index in [1.165, 1.54) is 18.2 Å². The molecule has 10 heteroatoms. The van der Waals surface area contributed by atoms with E-state index < -0.39 is 17.5 Å². The monoisotopic (exact) mass is 440 g/mol. The summed E-state index contributed by atoms with van der Waals surface area (Å²) in [5, 5.41) is 0.0921. The quantitative estimate of drug-likeness (QED) is 0.365. The van der Waals surface area contributed by atoms with Crippen LogP contribution >= 0.6 is 23.2 Å². The summed E-state index contributed by atoms with van der Waals surface area (Å²) in [6.07, 6.45) is -0.680. The van der Waals surface area contributed by atoms with Crippen molar-refractivity contribution >= 4 is 51.4 Å². The molecule has 0 spiro atoms. The van der Waals surface area contributed by atoms with Crippen LogP contribution in [0.3, 0.4) is 0 Å². The molecule has 0 atom stereocenters. The van der Waals surface area contributed by atoms with Crippen molar-refractivity contribution in [2.45, 2.75) is 26.4 Å². The Labute approximate surface area is 174 Å². The van der Waals surface area contributed by atoms with Gasteiger partial charge in [0.2, 0.25) is 10.6 Å². The maximum atomic E-state index is 13.5. The first-order valence-electron chi connectivity index (χ1n) is 8.42. The number of benzene rings is 2. The van der Waals surface area contributed by atoms with Crippen LogP contribution in [0.1, 0.15) is 20.8 Å². The molecule has 6 nitrogen and oxygen atoms in total. The Morgan fingerprint density at radius 1 is 1.03 bits per heavy atom. The largest absolute Gasteiger partial charge is 0.443 e. The summed E-state index contributed by atoms with van der Waals surface area (Å²) in [4.78, 5) is 22.2. The zero-order valence-corrected chi connectivity index (χ0v) is 17.1. The van der Waals surface area contributed by atoms with Gasteiger partial charge in [-0.3, -0.25) is 0 Å². The van der Waals surface area contributed by atoms with Crippen LogP contribution in [0.5, 0.6) is 0 Å². The van der Waals surface area contributed by atoms with Crippen LogP contribution in [0.15, 0.2) is 36.4 Å². The molecule has 2 aromatic carbocycles. The highest BCUT2D eigenvalue weighted by Crippen LogP contribution is 2.23. The molecule has 0 amide bonds. The van der Waals surface area contributed by atoms with Crippen molar-refractivity contribution in [2.24, 2.45) is 0 Å². The Hall–Kier alpha value is -2.71. The summed E-state index contributed by atoms with van der Waals surface area (Å²) in [6, 6.07) is 8.96. The molecule has 0 unspecified atom stereocenters. The predicted molar refractivity (Wildman–Crippen MR) is 107 cm³/mol. The highest BCUT2D eigenvalue weighted by atomic mass is 35.5. The SMILES string of the molecule is CC(C)(C)OC(=O)n1c(Cl)nc2c(F)cccc21.Fc1cccc2[nH]c(Cl)nc12. The van der Waals surface area contributed by atoms with E-state index in [0.29, 0.717) is 5.52 Å². The fraction of sp³-hybridized carbons (Fsp3) is 0.211. The topological polar surface area (TPSA) is 72.8 Å². The number of imidazole rings is 2. The van der Waals surface area contributed by atoms with Gasteiger partial charge in [0.25, 0.3) is 0 Å². The molecule has 0 aliphatic heterocycles. The van der Waals surface area contributed by atoms with Gasteiger partial charge in [-0.2, -0.15) is 0 Å². The van der Waals surface area contributed by atoms with Crippen LogP contribution in [-0.4, -0.2) is 31.2 Å². The lowest BCUT2D eigenvalue weighted by Crippen LogP contribution is -2.27. The molecular formula is C19H16Cl2F2N4O2. The van der Waals surface area contributed by atoms with Gasteiger partial charge in [0.15, 0.2) is 11.6 Å². The minimum Gasteiger partial charge on any atom is -0.443 e. The van der Waals surface area contributed by atoms with E-state index in [2.05, 4.69) is 15.0 Å². The normalized spacial score (nSPS) is 11.4. The number of carbonyl (C=O) groups excluding carboxylic acids is 1. The van der Waals surface area contributed by atoms with Crippen molar-refractivity contribution in [1.29, 1.82) is 0 Å². The number of carbonyl (C=O) groups is 1. The lowest BCUT2D eigenvalue weighted by molar-refractivity contribution is 0.0544. The molecule has 0 saturated carbocycles. The van der Waals surface area contributed by atoms with Crippen LogP contribution in [0, 0.1) is 11.6 Å². The third-order valence-corrected chi connectivity index (χ3v) is 4.04. The third kappa shape index (κ3) is 4.65. The number of fused-ring (bicyclic) bond motifs is 2. The Morgan fingerprint density at radius 2 is 1.66 bits per heavy atom. The minimum atomic E-state index is -0.680. The molecule has 2 aromatic heterocycles. The summed E-state index contributed by atoms with van der Waals surface area (Å²) >= 11 is 11.4. The molecule has 0 aliphatic carbocycles. The average molecular weight is 441 g/mol. The number of halogens is 4. The van der Waals surface area contributed by atoms with E-state index in [1.54, 1.807) is 39.0 Å². The van der Waals surface area contributed by atoms with Gasteiger partial charge in [0.1, 0.15) is 16.6 Å². The van der Waals surface area contributed by atoms with Crippen LogP contribution in [-0.2, 0) is 4.74 Å². The minimum absolute atomic E-state index is 0.0494. The Morgan fingerprint density at radius 3 is 2.28 bits per heavy atom. The van der Waals surface area contributed by atoms with Gasteiger partial charge in [0, 0.05) is 0 Å². The Bertz CT molecular complexity index is 1200. The van der Waals surface area contributed by atoms with E-state index >= 15 is 0 Å². The fourth-order valence-corrected chi connectivity index (χ4v) is 2.92. The second-order valence-corrected chi connectivity index (χ2v) is 7.66. The van der Waals surface area contributed by atoms with Crippen molar-refractivity contribution in [1.82, 2.24) is 19.5 Å². The van der Waals surface area contributed by atoms with Gasteiger partial charge in [-0.05, 0) is 68.2 Å². The number of hydrogen-bond donors (Lipinski definition) is 1. The average Bonchev–Trinajstić information content (AvgIpc) is 3.14. The lowest BCUT2D eigenvalue weighted by atomic mass is 10.2. The Balaban J connectivity index is 0.000000186. The van der Waals surface area contributed by atoms with E-state index in [4.69, 9.17) is 27.9 Å². The highest BCUT2D eigenvalue weighted by molar-refractivity contribution is 6.30. The molecule has 1 N–H and O–H groups in total. The van der Waals surface area contributed by atoms with Gasteiger partial charge in [-0.25, -0.2) is 28.1 Å². The predicted octanol–water partition coefficient (Wildman–Crippen LogP) is 5.97. The number of hydrogen-bond acceptors (Lipinski definition) is 4. The first kappa shape index (κ1) is 21.0. The van der Waals surface area contributed by atoms with Crippen LogP contribution in [0.2, 0.25) is 10.6 Å².